The van der Waals surface area contributed by atoms with Gasteiger partial charge in [-0.15, -0.1) is 0 Å². The first-order valence-electron chi connectivity index (χ1n) is 7.15. The van der Waals surface area contributed by atoms with Gasteiger partial charge in [-0.05, 0) is 43.2 Å². The predicted octanol–water partition coefficient (Wildman–Crippen LogP) is 3.52. The van der Waals surface area contributed by atoms with Crippen molar-refractivity contribution in [2.24, 2.45) is 5.41 Å². The van der Waals surface area contributed by atoms with Gasteiger partial charge in [-0.2, -0.15) is 0 Å². The van der Waals surface area contributed by atoms with E-state index in [4.69, 9.17) is 4.42 Å². The molecule has 2 heteroatoms. The summed E-state index contributed by atoms with van der Waals surface area (Å²) in [6.45, 7) is 1.07. The van der Waals surface area contributed by atoms with Crippen LogP contribution in [0.15, 0.2) is 22.8 Å². The standard InChI is InChI=1S/C15H23NO/c1-2-8-15(9-3-1)10-6-14(15)16-11-7-13-5-4-12-17-13/h4-5,12,14,16H,1-3,6-11H2. The van der Waals surface area contributed by atoms with Crippen LogP contribution in [0.25, 0.3) is 0 Å². The minimum absolute atomic E-state index is 0.682. The SMILES string of the molecule is c1coc(CCNC2CCC23CCCCC3)c1. The normalized spacial score (nSPS) is 26.9. The van der Waals surface area contributed by atoms with Crippen molar-refractivity contribution in [2.75, 3.05) is 6.54 Å². The third-order valence-corrected chi connectivity index (χ3v) is 4.86. The van der Waals surface area contributed by atoms with Crippen LogP contribution in [0.1, 0.15) is 50.7 Å². The minimum Gasteiger partial charge on any atom is -0.469 e. The van der Waals surface area contributed by atoms with Gasteiger partial charge in [0.05, 0.1) is 6.26 Å². The molecular weight excluding hydrogens is 210 g/mol. The average molecular weight is 233 g/mol. The summed E-state index contributed by atoms with van der Waals surface area (Å²) >= 11 is 0. The molecule has 1 heterocycles. The average Bonchev–Trinajstić information content (AvgIpc) is 2.87. The van der Waals surface area contributed by atoms with Crippen LogP contribution >= 0.6 is 0 Å². The molecule has 0 aromatic carbocycles. The number of furan rings is 1. The van der Waals surface area contributed by atoms with Crippen LogP contribution in [0.4, 0.5) is 0 Å². The highest BCUT2D eigenvalue weighted by Crippen LogP contribution is 2.51. The maximum absolute atomic E-state index is 5.36. The number of hydrogen-bond acceptors (Lipinski definition) is 2. The van der Waals surface area contributed by atoms with Gasteiger partial charge in [0.2, 0.25) is 0 Å². The zero-order chi connectivity index (χ0) is 11.6. The lowest BCUT2D eigenvalue weighted by Crippen LogP contribution is -2.54. The maximum Gasteiger partial charge on any atom is 0.105 e. The summed E-state index contributed by atoms with van der Waals surface area (Å²) < 4.78 is 5.36. The van der Waals surface area contributed by atoms with Crippen molar-refractivity contribution in [1.29, 1.82) is 0 Å². The zero-order valence-corrected chi connectivity index (χ0v) is 10.6. The second-order valence-corrected chi connectivity index (χ2v) is 5.80. The molecular formula is C15H23NO. The smallest absolute Gasteiger partial charge is 0.105 e. The van der Waals surface area contributed by atoms with E-state index < -0.39 is 0 Å². The molecule has 1 spiro atoms. The van der Waals surface area contributed by atoms with Crippen LogP contribution < -0.4 is 5.32 Å². The minimum atomic E-state index is 0.682. The molecule has 1 N–H and O–H groups in total. The summed E-state index contributed by atoms with van der Waals surface area (Å²) in [5.41, 5.74) is 0.682. The van der Waals surface area contributed by atoms with Crippen molar-refractivity contribution in [2.45, 2.75) is 57.4 Å². The molecule has 1 atom stereocenters. The topological polar surface area (TPSA) is 25.2 Å². The Morgan fingerprint density at radius 1 is 1.24 bits per heavy atom. The molecule has 2 saturated carbocycles. The molecule has 1 aromatic rings. The van der Waals surface area contributed by atoms with Gasteiger partial charge in [-0.25, -0.2) is 0 Å². The lowest BCUT2D eigenvalue weighted by molar-refractivity contribution is 0.0234. The molecule has 2 fully saturated rings. The molecule has 0 bridgehead atoms. The molecule has 0 aliphatic heterocycles. The van der Waals surface area contributed by atoms with Gasteiger partial charge in [0.15, 0.2) is 0 Å². The highest BCUT2D eigenvalue weighted by Gasteiger charge is 2.46. The van der Waals surface area contributed by atoms with Gasteiger partial charge >= 0.3 is 0 Å². The molecule has 17 heavy (non-hydrogen) atoms. The molecule has 0 radical (unpaired) electrons. The largest absolute Gasteiger partial charge is 0.469 e. The first-order chi connectivity index (χ1) is 8.39. The third-order valence-electron chi connectivity index (χ3n) is 4.86. The molecule has 1 aromatic heterocycles. The van der Waals surface area contributed by atoms with Crippen LogP contribution in [0.5, 0.6) is 0 Å². The molecule has 2 aliphatic carbocycles. The number of hydrogen-bond donors (Lipinski definition) is 1. The Kier molecular flexibility index (Phi) is 3.24. The second-order valence-electron chi connectivity index (χ2n) is 5.80. The quantitative estimate of drug-likeness (QED) is 0.860. The first kappa shape index (κ1) is 11.3. The first-order valence-corrected chi connectivity index (χ1v) is 7.15. The van der Waals surface area contributed by atoms with Crippen molar-refractivity contribution in [3.8, 4) is 0 Å². The molecule has 1 unspecified atom stereocenters. The van der Waals surface area contributed by atoms with E-state index in [0.29, 0.717) is 5.41 Å². The van der Waals surface area contributed by atoms with Crippen LogP contribution in [-0.4, -0.2) is 12.6 Å². The van der Waals surface area contributed by atoms with E-state index >= 15 is 0 Å². The van der Waals surface area contributed by atoms with E-state index in [-0.39, 0.29) is 0 Å². The van der Waals surface area contributed by atoms with Crippen molar-refractivity contribution >= 4 is 0 Å². The maximum atomic E-state index is 5.36. The van der Waals surface area contributed by atoms with Crippen molar-refractivity contribution < 1.29 is 4.42 Å². The van der Waals surface area contributed by atoms with E-state index in [9.17, 15) is 0 Å². The summed E-state index contributed by atoms with van der Waals surface area (Å²) in [7, 11) is 0. The van der Waals surface area contributed by atoms with Crippen molar-refractivity contribution in [3.63, 3.8) is 0 Å². The molecule has 2 aliphatic rings. The van der Waals surface area contributed by atoms with Gasteiger partial charge in [-0.3, -0.25) is 0 Å². The van der Waals surface area contributed by atoms with Crippen LogP contribution in [-0.2, 0) is 6.42 Å². The van der Waals surface area contributed by atoms with E-state index in [1.807, 2.05) is 6.07 Å². The Labute approximate surface area is 104 Å². The van der Waals surface area contributed by atoms with Crippen molar-refractivity contribution in [1.82, 2.24) is 5.32 Å². The molecule has 3 rings (SSSR count). The van der Waals surface area contributed by atoms with E-state index in [1.54, 1.807) is 6.26 Å². The van der Waals surface area contributed by atoms with Crippen LogP contribution in [0.2, 0.25) is 0 Å². The molecule has 0 amide bonds. The number of nitrogens with one attached hydrogen (secondary N) is 1. The van der Waals surface area contributed by atoms with Crippen LogP contribution in [0.3, 0.4) is 0 Å². The summed E-state index contributed by atoms with van der Waals surface area (Å²) in [6, 6.07) is 4.83. The third kappa shape index (κ3) is 2.28. The van der Waals surface area contributed by atoms with Crippen molar-refractivity contribution in [3.05, 3.63) is 24.2 Å². The summed E-state index contributed by atoms with van der Waals surface area (Å²) in [5, 5.41) is 3.76. The fourth-order valence-corrected chi connectivity index (χ4v) is 3.69. The predicted molar refractivity (Wildman–Crippen MR) is 69.0 cm³/mol. The van der Waals surface area contributed by atoms with E-state index in [0.717, 1.165) is 24.8 Å². The monoisotopic (exact) mass is 233 g/mol. The summed E-state index contributed by atoms with van der Waals surface area (Å²) in [6.07, 6.45) is 12.9. The Morgan fingerprint density at radius 3 is 2.76 bits per heavy atom. The van der Waals surface area contributed by atoms with Crippen LogP contribution in [0, 0.1) is 5.41 Å². The van der Waals surface area contributed by atoms with Gasteiger partial charge in [0.25, 0.3) is 0 Å². The Morgan fingerprint density at radius 2 is 2.12 bits per heavy atom. The number of rotatable bonds is 4. The Hall–Kier alpha value is -0.760. The molecule has 94 valence electrons. The van der Waals surface area contributed by atoms with Gasteiger partial charge in [0, 0.05) is 19.0 Å². The Balaban J connectivity index is 1.46. The Bertz CT molecular complexity index is 338. The highest BCUT2D eigenvalue weighted by molar-refractivity contribution is 5.03. The lowest BCUT2D eigenvalue weighted by atomic mass is 9.57. The fourth-order valence-electron chi connectivity index (χ4n) is 3.69. The van der Waals surface area contributed by atoms with Gasteiger partial charge in [-0.1, -0.05) is 19.3 Å². The van der Waals surface area contributed by atoms with Gasteiger partial charge in [0.1, 0.15) is 5.76 Å². The highest BCUT2D eigenvalue weighted by atomic mass is 16.3. The van der Waals surface area contributed by atoms with E-state index in [1.165, 1.54) is 44.9 Å². The fraction of sp³-hybridized carbons (Fsp3) is 0.733. The van der Waals surface area contributed by atoms with Gasteiger partial charge < -0.3 is 9.73 Å². The summed E-state index contributed by atoms with van der Waals surface area (Å²) in [5.74, 6) is 1.11. The lowest BCUT2D eigenvalue weighted by Gasteiger charge is -2.52. The zero-order valence-electron chi connectivity index (χ0n) is 10.6. The summed E-state index contributed by atoms with van der Waals surface area (Å²) in [4.78, 5) is 0. The van der Waals surface area contributed by atoms with E-state index in [2.05, 4.69) is 11.4 Å². The molecule has 0 saturated heterocycles. The second kappa shape index (κ2) is 4.85. The molecule has 2 nitrogen and oxygen atoms in total.